The minimum atomic E-state index is -1.09. The highest BCUT2D eigenvalue weighted by atomic mass is 32.1. The van der Waals surface area contributed by atoms with E-state index in [0.717, 1.165) is 27.3 Å². The number of benzene rings is 2. The zero-order chi connectivity index (χ0) is 19.1. The fourth-order valence-electron chi connectivity index (χ4n) is 3.51. The van der Waals surface area contributed by atoms with Crippen molar-refractivity contribution in [2.75, 3.05) is 5.32 Å². The van der Waals surface area contributed by atoms with Crippen LogP contribution in [0.25, 0.3) is 11.1 Å². The van der Waals surface area contributed by atoms with Crippen LogP contribution in [0.1, 0.15) is 38.0 Å². The van der Waals surface area contributed by atoms with Gasteiger partial charge in [0.2, 0.25) is 5.91 Å². The number of nitrogens with one attached hydrogen (secondary N) is 1. The molecule has 4 nitrogen and oxygen atoms in total. The molecule has 1 amide bonds. The second-order valence-electron chi connectivity index (χ2n) is 6.58. The van der Waals surface area contributed by atoms with Crippen molar-refractivity contribution in [2.45, 2.75) is 19.3 Å². The van der Waals surface area contributed by atoms with E-state index in [2.05, 4.69) is 5.32 Å². The number of hydrogen-bond donors (Lipinski definition) is 2. The van der Waals surface area contributed by atoms with Gasteiger partial charge in [-0.25, -0.2) is 9.18 Å². The van der Waals surface area contributed by atoms with E-state index in [-0.39, 0.29) is 23.1 Å². The maximum Gasteiger partial charge on any atom is 0.346 e. The molecule has 0 aliphatic carbocycles. The normalized spacial score (nSPS) is 15.9. The summed E-state index contributed by atoms with van der Waals surface area (Å²) in [5.74, 6) is -1.95. The SMILES string of the molecule is Cc1cccc(C2CC(=O)Nc3c2sc(C(=O)O)c3-c2cccc(F)c2)c1. The fraction of sp³-hybridized carbons (Fsp3) is 0.143. The van der Waals surface area contributed by atoms with Gasteiger partial charge in [-0.15, -0.1) is 11.3 Å². The quantitative estimate of drug-likeness (QED) is 0.668. The molecule has 1 aliphatic rings. The Morgan fingerprint density at radius 1 is 1.22 bits per heavy atom. The van der Waals surface area contributed by atoms with E-state index in [9.17, 15) is 19.1 Å². The number of amides is 1. The van der Waals surface area contributed by atoms with E-state index in [4.69, 9.17) is 0 Å². The Kier molecular flexibility index (Phi) is 4.28. The molecule has 0 bridgehead atoms. The van der Waals surface area contributed by atoms with Gasteiger partial charge < -0.3 is 10.4 Å². The number of fused-ring (bicyclic) bond motifs is 1. The standard InChI is InChI=1S/C21H16FNO3S/c1-11-4-2-5-12(8-11)15-10-16(24)23-18-17(13-6-3-7-14(22)9-13)20(21(25)26)27-19(15)18/h2-9,15H,10H2,1H3,(H,23,24)(H,25,26). The molecule has 1 atom stereocenters. The summed E-state index contributed by atoms with van der Waals surface area (Å²) in [5.41, 5.74) is 3.32. The molecule has 0 saturated heterocycles. The van der Waals surface area contributed by atoms with E-state index in [0.29, 0.717) is 16.8 Å². The molecule has 1 unspecified atom stereocenters. The van der Waals surface area contributed by atoms with Crippen molar-refractivity contribution in [1.29, 1.82) is 0 Å². The molecule has 2 aromatic carbocycles. The van der Waals surface area contributed by atoms with Gasteiger partial charge >= 0.3 is 5.97 Å². The molecule has 0 saturated carbocycles. The Balaban J connectivity index is 1.95. The summed E-state index contributed by atoms with van der Waals surface area (Å²) in [4.78, 5) is 25.2. The van der Waals surface area contributed by atoms with Crippen molar-refractivity contribution >= 4 is 28.9 Å². The summed E-state index contributed by atoms with van der Waals surface area (Å²) in [6.45, 7) is 1.97. The van der Waals surface area contributed by atoms with E-state index < -0.39 is 11.8 Å². The van der Waals surface area contributed by atoms with Gasteiger partial charge in [0.15, 0.2) is 0 Å². The van der Waals surface area contributed by atoms with Crippen LogP contribution in [-0.4, -0.2) is 17.0 Å². The van der Waals surface area contributed by atoms with Crippen LogP contribution in [0, 0.1) is 12.7 Å². The second kappa shape index (κ2) is 6.63. The highest BCUT2D eigenvalue weighted by molar-refractivity contribution is 7.15. The first-order valence-electron chi connectivity index (χ1n) is 8.46. The Morgan fingerprint density at radius 3 is 2.70 bits per heavy atom. The van der Waals surface area contributed by atoms with Crippen molar-refractivity contribution in [1.82, 2.24) is 0 Å². The van der Waals surface area contributed by atoms with Crippen LogP contribution < -0.4 is 5.32 Å². The predicted molar refractivity (Wildman–Crippen MR) is 103 cm³/mol. The number of halogens is 1. The molecule has 2 heterocycles. The van der Waals surface area contributed by atoms with Crippen LogP contribution in [0.4, 0.5) is 10.1 Å². The van der Waals surface area contributed by atoms with Crippen LogP contribution in [0.3, 0.4) is 0 Å². The molecule has 0 radical (unpaired) electrons. The number of hydrogen-bond acceptors (Lipinski definition) is 3. The van der Waals surface area contributed by atoms with Gasteiger partial charge in [-0.3, -0.25) is 4.79 Å². The third-order valence-corrected chi connectivity index (χ3v) is 5.95. The van der Waals surface area contributed by atoms with Crippen molar-refractivity contribution < 1.29 is 19.1 Å². The lowest BCUT2D eigenvalue weighted by atomic mass is 9.88. The van der Waals surface area contributed by atoms with Crippen molar-refractivity contribution in [3.63, 3.8) is 0 Å². The molecule has 3 aromatic rings. The second-order valence-corrected chi connectivity index (χ2v) is 7.63. The summed E-state index contributed by atoms with van der Waals surface area (Å²) in [6.07, 6.45) is 0.249. The number of thiophene rings is 1. The summed E-state index contributed by atoms with van der Waals surface area (Å²) in [5, 5.41) is 12.5. The van der Waals surface area contributed by atoms with Crippen LogP contribution in [0.5, 0.6) is 0 Å². The molecule has 0 fully saturated rings. The van der Waals surface area contributed by atoms with E-state index in [1.165, 1.54) is 18.2 Å². The van der Waals surface area contributed by atoms with Crippen molar-refractivity contribution in [3.05, 3.63) is 75.2 Å². The third-order valence-electron chi connectivity index (χ3n) is 4.66. The van der Waals surface area contributed by atoms with Gasteiger partial charge in [0.25, 0.3) is 0 Å². The summed E-state index contributed by atoms with van der Waals surface area (Å²) in [6, 6.07) is 13.6. The number of carboxylic acid groups (broad SMARTS) is 1. The molecule has 2 N–H and O–H groups in total. The highest BCUT2D eigenvalue weighted by Gasteiger charge is 2.34. The maximum atomic E-state index is 13.8. The number of carbonyl (C=O) groups excluding carboxylic acids is 1. The molecule has 0 spiro atoms. The Morgan fingerprint density at radius 2 is 2.00 bits per heavy atom. The maximum absolute atomic E-state index is 13.8. The first-order chi connectivity index (χ1) is 12.9. The van der Waals surface area contributed by atoms with Gasteiger partial charge in [0.05, 0.1) is 5.69 Å². The Bertz CT molecular complexity index is 1070. The van der Waals surface area contributed by atoms with E-state index in [1.54, 1.807) is 6.07 Å². The van der Waals surface area contributed by atoms with Crippen LogP contribution >= 0.6 is 11.3 Å². The van der Waals surface area contributed by atoms with Gasteiger partial charge in [-0.2, -0.15) is 0 Å². The number of aryl methyl sites for hydroxylation is 1. The molecule has 4 rings (SSSR count). The molecule has 1 aromatic heterocycles. The molecule has 27 heavy (non-hydrogen) atoms. The molecule has 136 valence electrons. The average Bonchev–Trinajstić information content (AvgIpc) is 3.00. The van der Waals surface area contributed by atoms with E-state index >= 15 is 0 Å². The molecular formula is C21H16FNO3S. The minimum Gasteiger partial charge on any atom is -0.477 e. The molecular weight excluding hydrogens is 365 g/mol. The van der Waals surface area contributed by atoms with Gasteiger partial charge in [0, 0.05) is 22.8 Å². The first kappa shape index (κ1) is 17.4. The number of carboxylic acids is 1. The molecule has 1 aliphatic heterocycles. The van der Waals surface area contributed by atoms with E-state index in [1.807, 2.05) is 31.2 Å². The fourth-order valence-corrected chi connectivity index (χ4v) is 4.76. The number of aromatic carboxylic acids is 1. The smallest absolute Gasteiger partial charge is 0.346 e. The Hall–Kier alpha value is -2.99. The Labute approximate surface area is 159 Å². The monoisotopic (exact) mass is 381 g/mol. The third kappa shape index (κ3) is 3.13. The van der Waals surface area contributed by atoms with Gasteiger partial charge in [-0.1, -0.05) is 42.0 Å². The van der Waals surface area contributed by atoms with Crippen molar-refractivity contribution in [3.8, 4) is 11.1 Å². The highest BCUT2D eigenvalue weighted by Crippen LogP contribution is 2.49. The minimum absolute atomic E-state index is 0.102. The van der Waals surface area contributed by atoms with Gasteiger partial charge in [-0.05, 0) is 30.2 Å². The average molecular weight is 381 g/mol. The van der Waals surface area contributed by atoms with Crippen LogP contribution in [0.15, 0.2) is 48.5 Å². The van der Waals surface area contributed by atoms with Crippen LogP contribution in [0.2, 0.25) is 0 Å². The van der Waals surface area contributed by atoms with Gasteiger partial charge in [0.1, 0.15) is 10.7 Å². The number of carbonyl (C=O) groups is 2. The van der Waals surface area contributed by atoms with Crippen molar-refractivity contribution in [2.24, 2.45) is 0 Å². The lowest BCUT2D eigenvalue weighted by Crippen LogP contribution is -2.22. The zero-order valence-corrected chi connectivity index (χ0v) is 15.3. The first-order valence-corrected chi connectivity index (χ1v) is 9.28. The summed E-state index contributed by atoms with van der Waals surface area (Å²) in [7, 11) is 0. The summed E-state index contributed by atoms with van der Waals surface area (Å²) >= 11 is 1.14. The zero-order valence-electron chi connectivity index (χ0n) is 14.5. The topological polar surface area (TPSA) is 66.4 Å². The lowest BCUT2D eigenvalue weighted by Gasteiger charge is -2.24. The van der Waals surface area contributed by atoms with Crippen LogP contribution in [-0.2, 0) is 4.79 Å². The number of anilines is 1. The lowest BCUT2D eigenvalue weighted by molar-refractivity contribution is -0.116. The largest absolute Gasteiger partial charge is 0.477 e. The molecule has 6 heteroatoms. The summed E-state index contributed by atoms with van der Waals surface area (Å²) < 4.78 is 13.8. The predicted octanol–water partition coefficient (Wildman–Crippen LogP) is 5.03. The number of rotatable bonds is 3.